The number of methoxy groups -OCH3 is 2. The van der Waals surface area contributed by atoms with Crippen molar-refractivity contribution in [3.05, 3.63) is 23.8 Å². The first-order valence-electron chi connectivity index (χ1n) is 7.85. The molecule has 1 aromatic carbocycles. The third kappa shape index (κ3) is 2.62. The maximum absolute atomic E-state index is 11.0. The molecule has 4 heteroatoms. The Morgan fingerprint density at radius 2 is 2.05 bits per heavy atom. The number of benzene rings is 1. The summed E-state index contributed by atoms with van der Waals surface area (Å²) < 4.78 is 10.8. The average Bonchev–Trinajstić information content (AvgIpc) is 2.53. The van der Waals surface area contributed by atoms with Crippen LogP contribution in [0.4, 0.5) is 0 Å². The molecule has 1 saturated heterocycles. The van der Waals surface area contributed by atoms with E-state index in [4.69, 9.17) is 9.47 Å². The van der Waals surface area contributed by atoms with Crippen LogP contribution in [0.5, 0.6) is 11.5 Å². The van der Waals surface area contributed by atoms with Crippen molar-refractivity contribution in [3.8, 4) is 11.5 Å². The quantitative estimate of drug-likeness (QED) is 0.899. The Morgan fingerprint density at radius 3 is 2.81 bits per heavy atom. The highest BCUT2D eigenvalue weighted by molar-refractivity contribution is 5.43. The van der Waals surface area contributed by atoms with Crippen LogP contribution >= 0.6 is 0 Å². The predicted molar refractivity (Wildman–Crippen MR) is 81.8 cm³/mol. The summed E-state index contributed by atoms with van der Waals surface area (Å²) in [5, 5.41) is 14.6. The summed E-state index contributed by atoms with van der Waals surface area (Å²) in [5.74, 6) is 1.90. The second-order valence-corrected chi connectivity index (χ2v) is 6.25. The predicted octanol–water partition coefficient (Wildman–Crippen LogP) is 2.66. The molecule has 2 fully saturated rings. The van der Waals surface area contributed by atoms with E-state index in [0.29, 0.717) is 0 Å². The molecule has 1 heterocycles. The van der Waals surface area contributed by atoms with Crippen LogP contribution in [0.2, 0.25) is 0 Å². The minimum Gasteiger partial charge on any atom is -0.497 e. The summed E-state index contributed by atoms with van der Waals surface area (Å²) in [7, 11) is 3.35. The number of ether oxygens (including phenoxy) is 2. The minimum atomic E-state index is -0.515. The molecule has 116 valence electrons. The van der Waals surface area contributed by atoms with Gasteiger partial charge in [0.1, 0.15) is 11.5 Å². The molecule has 2 aliphatic rings. The van der Waals surface area contributed by atoms with Gasteiger partial charge in [-0.1, -0.05) is 18.9 Å². The highest BCUT2D eigenvalue weighted by atomic mass is 16.5. The molecule has 1 aliphatic carbocycles. The fraction of sp³-hybridized carbons (Fsp3) is 0.647. The molecule has 0 unspecified atom stereocenters. The number of fused-ring (bicyclic) bond motifs is 1. The van der Waals surface area contributed by atoms with Crippen LogP contribution < -0.4 is 14.8 Å². The van der Waals surface area contributed by atoms with Gasteiger partial charge in [0, 0.05) is 23.6 Å². The van der Waals surface area contributed by atoms with Gasteiger partial charge in [-0.2, -0.15) is 0 Å². The van der Waals surface area contributed by atoms with Crippen molar-refractivity contribution in [1.82, 2.24) is 5.32 Å². The van der Waals surface area contributed by atoms with Crippen molar-refractivity contribution in [2.75, 3.05) is 20.8 Å². The van der Waals surface area contributed by atoms with Crippen LogP contribution in [0.3, 0.4) is 0 Å². The molecule has 1 saturated carbocycles. The summed E-state index contributed by atoms with van der Waals surface area (Å²) in [6, 6.07) is 6.11. The van der Waals surface area contributed by atoms with E-state index < -0.39 is 5.60 Å². The number of nitrogens with one attached hydrogen (secondary N) is 1. The van der Waals surface area contributed by atoms with E-state index >= 15 is 0 Å². The van der Waals surface area contributed by atoms with Gasteiger partial charge in [0.25, 0.3) is 0 Å². The van der Waals surface area contributed by atoms with E-state index in [1.165, 1.54) is 6.42 Å². The Balaban J connectivity index is 1.95. The second-order valence-electron chi connectivity index (χ2n) is 6.25. The standard InChI is InChI=1S/C17H25NO3/c1-20-12-6-7-13(15(11-12)21-2)16-14-5-3-4-8-17(14,19)9-10-18-16/h6-7,11,14,16,18-19H,3-5,8-10H2,1-2H3/t14-,16-,17+/m1/s1. The number of hydrogen-bond donors (Lipinski definition) is 2. The Morgan fingerprint density at radius 1 is 1.19 bits per heavy atom. The molecular weight excluding hydrogens is 266 g/mol. The summed E-state index contributed by atoms with van der Waals surface area (Å²) in [5.41, 5.74) is 0.613. The van der Waals surface area contributed by atoms with Gasteiger partial charge in [-0.3, -0.25) is 0 Å². The van der Waals surface area contributed by atoms with Crippen LogP contribution in [0.15, 0.2) is 18.2 Å². The highest BCUT2D eigenvalue weighted by Gasteiger charge is 2.46. The molecule has 0 amide bonds. The van der Waals surface area contributed by atoms with E-state index in [1.54, 1.807) is 14.2 Å². The molecule has 0 spiro atoms. The maximum Gasteiger partial charge on any atom is 0.127 e. The van der Waals surface area contributed by atoms with E-state index in [-0.39, 0.29) is 12.0 Å². The van der Waals surface area contributed by atoms with Crippen LogP contribution in [-0.2, 0) is 0 Å². The number of hydrogen-bond acceptors (Lipinski definition) is 4. The molecule has 3 atom stereocenters. The van der Waals surface area contributed by atoms with Gasteiger partial charge < -0.3 is 19.9 Å². The van der Waals surface area contributed by atoms with Gasteiger partial charge >= 0.3 is 0 Å². The van der Waals surface area contributed by atoms with Crippen molar-refractivity contribution in [2.24, 2.45) is 5.92 Å². The van der Waals surface area contributed by atoms with Crippen molar-refractivity contribution in [3.63, 3.8) is 0 Å². The first kappa shape index (κ1) is 14.7. The van der Waals surface area contributed by atoms with Gasteiger partial charge in [-0.05, 0) is 31.9 Å². The summed E-state index contributed by atoms with van der Waals surface area (Å²) in [6.45, 7) is 0.854. The van der Waals surface area contributed by atoms with Crippen LogP contribution in [0.1, 0.15) is 43.7 Å². The fourth-order valence-electron chi connectivity index (χ4n) is 4.03. The number of piperidine rings is 1. The van der Waals surface area contributed by atoms with Gasteiger partial charge in [-0.15, -0.1) is 0 Å². The largest absolute Gasteiger partial charge is 0.497 e. The van der Waals surface area contributed by atoms with Crippen molar-refractivity contribution >= 4 is 0 Å². The lowest BCUT2D eigenvalue weighted by Gasteiger charge is -2.48. The van der Waals surface area contributed by atoms with E-state index in [9.17, 15) is 5.11 Å². The Bertz CT molecular complexity index is 501. The lowest BCUT2D eigenvalue weighted by molar-refractivity contribution is -0.0863. The lowest BCUT2D eigenvalue weighted by Crippen LogP contribution is -2.53. The van der Waals surface area contributed by atoms with Gasteiger partial charge in [-0.25, -0.2) is 0 Å². The molecule has 0 bridgehead atoms. The molecule has 2 N–H and O–H groups in total. The zero-order valence-electron chi connectivity index (χ0n) is 12.9. The van der Waals surface area contributed by atoms with Crippen molar-refractivity contribution < 1.29 is 14.6 Å². The monoisotopic (exact) mass is 291 g/mol. The second kappa shape index (κ2) is 5.85. The average molecular weight is 291 g/mol. The first-order chi connectivity index (χ1) is 10.2. The normalized spacial score (nSPS) is 32.3. The number of rotatable bonds is 3. The van der Waals surface area contributed by atoms with Crippen molar-refractivity contribution in [2.45, 2.75) is 43.7 Å². The van der Waals surface area contributed by atoms with Crippen LogP contribution in [0, 0.1) is 5.92 Å². The zero-order valence-corrected chi connectivity index (χ0v) is 12.9. The Kier molecular flexibility index (Phi) is 4.09. The summed E-state index contributed by atoms with van der Waals surface area (Å²) in [4.78, 5) is 0. The summed E-state index contributed by atoms with van der Waals surface area (Å²) in [6.07, 6.45) is 5.19. The molecule has 0 aromatic heterocycles. The third-order valence-corrected chi connectivity index (χ3v) is 5.17. The van der Waals surface area contributed by atoms with Gasteiger partial charge in [0.15, 0.2) is 0 Å². The van der Waals surface area contributed by atoms with Gasteiger partial charge in [0.05, 0.1) is 19.8 Å². The third-order valence-electron chi connectivity index (χ3n) is 5.17. The molecule has 21 heavy (non-hydrogen) atoms. The molecule has 0 radical (unpaired) electrons. The molecular formula is C17H25NO3. The topological polar surface area (TPSA) is 50.7 Å². The molecule has 1 aromatic rings. The molecule has 3 rings (SSSR count). The first-order valence-corrected chi connectivity index (χ1v) is 7.85. The Labute approximate surface area is 126 Å². The molecule has 4 nitrogen and oxygen atoms in total. The van der Waals surface area contributed by atoms with Crippen molar-refractivity contribution in [1.29, 1.82) is 0 Å². The smallest absolute Gasteiger partial charge is 0.127 e. The highest BCUT2D eigenvalue weighted by Crippen LogP contribution is 2.47. The maximum atomic E-state index is 11.0. The van der Waals surface area contributed by atoms with E-state index in [2.05, 4.69) is 11.4 Å². The number of aliphatic hydroxyl groups is 1. The van der Waals surface area contributed by atoms with Crippen LogP contribution in [0.25, 0.3) is 0 Å². The lowest BCUT2D eigenvalue weighted by atomic mass is 9.66. The fourth-order valence-corrected chi connectivity index (χ4v) is 4.03. The SMILES string of the molecule is COc1ccc([C@H]2NCC[C@@]3(O)CCCC[C@H]23)c(OC)c1. The minimum absolute atomic E-state index is 0.157. The van der Waals surface area contributed by atoms with E-state index in [0.717, 1.165) is 49.3 Å². The van der Waals surface area contributed by atoms with Crippen LogP contribution in [-0.4, -0.2) is 31.5 Å². The summed E-state index contributed by atoms with van der Waals surface area (Å²) >= 11 is 0. The van der Waals surface area contributed by atoms with Gasteiger partial charge in [0.2, 0.25) is 0 Å². The Hall–Kier alpha value is -1.26. The zero-order chi connectivity index (χ0) is 14.9. The van der Waals surface area contributed by atoms with E-state index in [1.807, 2.05) is 12.1 Å². The molecule has 1 aliphatic heterocycles.